The third-order valence-electron chi connectivity index (χ3n) is 2.44. The van der Waals surface area contributed by atoms with Crippen LogP contribution in [-0.4, -0.2) is 18.2 Å². The van der Waals surface area contributed by atoms with Crippen molar-refractivity contribution in [3.8, 4) is 0 Å². The molecule has 2 aliphatic rings. The summed E-state index contributed by atoms with van der Waals surface area (Å²) in [6, 6.07) is 0. The van der Waals surface area contributed by atoms with Crippen LogP contribution in [0.25, 0.3) is 0 Å². The lowest BCUT2D eigenvalue weighted by atomic mass is 9.86. The third kappa shape index (κ3) is 1.17. The zero-order chi connectivity index (χ0) is 8.55. The molecule has 0 aromatic carbocycles. The van der Waals surface area contributed by atoms with E-state index in [0.717, 1.165) is 25.7 Å². The van der Waals surface area contributed by atoms with E-state index in [4.69, 9.17) is 4.74 Å². The van der Waals surface area contributed by atoms with Crippen molar-refractivity contribution in [2.45, 2.75) is 31.8 Å². The van der Waals surface area contributed by atoms with Gasteiger partial charge in [-0.2, -0.15) is 0 Å². The van der Waals surface area contributed by atoms with E-state index in [1.807, 2.05) is 0 Å². The maximum absolute atomic E-state index is 11.1. The second-order valence-corrected chi connectivity index (χ2v) is 3.22. The molecule has 1 aliphatic carbocycles. The second-order valence-electron chi connectivity index (χ2n) is 3.22. The number of rotatable bonds is 0. The summed E-state index contributed by atoms with van der Waals surface area (Å²) in [7, 11) is 0. The van der Waals surface area contributed by atoms with Crippen molar-refractivity contribution in [2.24, 2.45) is 5.92 Å². The van der Waals surface area contributed by atoms with Gasteiger partial charge in [0.15, 0.2) is 0 Å². The summed E-state index contributed by atoms with van der Waals surface area (Å²) in [6.45, 7) is 0. The smallest absolute Gasteiger partial charge is 0.430 e. The second kappa shape index (κ2) is 2.77. The van der Waals surface area contributed by atoms with Crippen LogP contribution in [0.2, 0.25) is 0 Å². The molecule has 12 heavy (non-hydrogen) atoms. The first kappa shape index (κ1) is 7.58. The number of cyclic esters (lactones) is 2. The predicted octanol–water partition coefficient (Wildman–Crippen LogP) is 1.24. The minimum atomic E-state index is -0.830. The fourth-order valence-electron chi connectivity index (χ4n) is 1.81. The summed E-state index contributed by atoms with van der Waals surface area (Å²) >= 11 is 0. The number of carbonyl (C=O) groups is 2. The Morgan fingerprint density at radius 1 is 1.17 bits per heavy atom. The highest BCUT2D eigenvalue weighted by molar-refractivity contribution is 5.86. The van der Waals surface area contributed by atoms with Gasteiger partial charge in [-0.3, -0.25) is 4.79 Å². The predicted molar refractivity (Wildman–Crippen MR) is 38.3 cm³/mol. The fraction of sp³-hybridized carbons (Fsp3) is 0.750. The van der Waals surface area contributed by atoms with Gasteiger partial charge in [-0.1, -0.05) is 6.42 Å². The van der Waals surface area contributed by atoms with Crippen LogP contribution >= 0.6 is 0 Å². The van der Waals surface area contributed by atoms with E-state index in [9.17, 15) is 9.59 Å². The Balaban J connectivity index is 2.11. The zero-order valence-electron chi connectivity index (χ0n) is 6.62. The summed E-state index contributed by atoms with van der Waals surface area (Å²) in [4.78, 5) is 21.8. The molecule has 1 saturated carbocycles. The lowest BCUT2D eigenvalue weighted by Gasteiger charge is -2.32. The zero-order valence-corrected chi connectivity index (χ0v) is 6.62. The third-order valence-corrected chi connectivity index (χ3v) is 2.44. The molecule has 2 atom stereocenters. The number of esters is 1. The van der Waals surface area contributed by atoms with Gasteiger partial charge in [0, 0.05) is 0 Å². The van der Waals surface area contributed by atoms with Crippen molar-refractivity contribution in [1.29, 1.82) is 0 Å². The monoisotopic (exact) mass is 170 g/mol. The molecule has 0 amide bonds. The molecule has 2 rings (SSSR count). The van der Waals surface area contributed by atoms with Gasteiger partial charge in [0.2, 0.25) is 0 Å². The first-order chi connectivity index (χ1) is 5.77. The average molecular weight is 170 g/mol. The first-order valence-electron chi connectivity index (χ1n) is 4.19. The van der Waals surface area contributed by atoms with Crippen LogP contribution in [0.15, 0.2) is 0 Å². The highest BCUT2D eigenvalue weighted by Crippen LogP contribution is 2.30. The molecular formula is C8H10O4. The molecule has 4 nitrogen and oxygen atoms in total. The van der Waals surface area contributed by atoms with E-state index in [-0.39, 0.29) is 12.0 Å². The summed E-state index contributed by atoms with van der Waals surface area (Å²) in [5, 5.41) is 0. The van der Waals surface area contributed by atoms with Crippen molar-refractivity contribution in [3.05, 3.63) is 0 Å². The molecule has 0 radical (unpaired) electrons. The van der Waals surface area contributed by atoms with Gasteiger partial charge in [-0.25, -0.2) is 4.79 Å². The number of ether oxygens (including phenoxy) is 2. The van der Waals surface area contributed by atoms with Crippen LogP contribution in [0.3, 0.4) is 0 Å². The van der Waals surface area contributed by atoms with Crippen LogP contribution in [0.1, 0.15) is 25.7 Å². The van der Waals surface area contributed by atoms with Crippen LogP contribution < -0.4 is 0 Å². The molecule has 1 heterocycles. The first-order valence-corrected chi connectivity index (χ1v) is 4.19. The summed E-state index contributed by atoms with van der Waals surface area (Å²) in [5.41, 5.74) is 0. The van der Waals surface area contributed by atoms with E-state index in [0.29, 0.717) is 0 Å². The van der Waals surface area contributed by atoms with Gasteiger partial charge in [0.25, 0.3) is 0 Å². The van der Waals surface area contributed by atoms with Crippen LogP contribution in [-0.2, 0) is 14.3 Å². The highest BCUT2D eigenvalue weighted by atomic mass is 16.8. The van der Waals surface area contributed by atoms with E-state index in [1.165, 1.54) is 0 Å². The SMILES string of the molecule is O=C1OC(=O)C2CCCCC2O1. The average Bonchev–Trinajstić information content (AvgIpc) is 2.04. The Morgan fingerprint density at radius 2 is 1.92 bits per heavy atom. The lowest BCUT2D eigenvalue weighted by Crippen LogP contribution is -2.42. The van der Waals surface area contributed by atoms with Crippen molar-refractivity contribution in [1.82, 2.24) is 0 Å². The Morgan fingerprint density at radius 3 is 2.75 bits per heavy atom. The fourth-order valence-corrected chi connectivity index (χ4v) is 1.81. The van der Waals surface area contributed by atoms with E-state index in [2.05, 4.69) is 4.74 Å². The Labute approximate surface area is 69.8 Å². The minimum Gasteiger partial charge on any atom is -0.430 e. The largest absolute Gasteiger partial charge is 0.516 e. The molecule has 0 bridgehead atoms. The van der Waals surface area contributed by atoms with Gasteiger partial charge in [-0.15, -0.1) is 0 Å². The van der Waals surface area contributed by atoms with Crippen LogP contribution in [0, 0.1) is 5.92 Å². The highest BCUT2D eigenvalue weighted by Gasteiger charge is 2.40. The van der Waals surface area contributed by atoms with Crippen molar-refractivity contribution < 1.29 is 19.1 Å². The Kier molecular flexibility index (Phi) is 1.75. The number of fused-ring (bicyclic) bond motifs is 1. The lowest BCUT2D eigenvalue weighted by molar-refractivity contribution is -0.161. The van der Waals surface area contributed by atoms with Crippen LogP contribution in [0.5, 0.6) is 0 Å². The molecule has 1 aliphatic heterocycles. The normalized spacial score (nSPS) is 35.0. The van der Waals surface area contributed by atoms with Crippen molar-refractivity contribution in [3.63, 3.8) is 0 Å². The van der Waals surface area contributed by atoms with E-state index in [1.54, 1.807) is 0 Å². The van der Waals surface area contributed by atoms with Crippen molar-refractivity contribution >= 4 is 12.1 Å². The summed E-state index contributed by atoms with van der Waals surface area (Å²) < 4.78 is 9.23. The molecule has 2 fully saturated rings. The number of carbonyl (C=O) groups excluding carboxylic acids is 2. The number of hydrogen-bond acceptors (Lipinski definition) is 4. The topological polar surface area (TPSA) is 52.6 Å². The standard InChI is InChI=1S/C8H10O4/c9-7-5-3-1-2-4-6(5)11-8(10)12-7/h5-6H,1-4H2. The maximum atomic E-state index is 11.1. The summed E-state index contributed by atoms with van der Waals surface area (Å²) in [5.74, 6) is -0.604. The van der Waals surface area contributed by atoms with E-state index >= 15 is 0 Å². The van der Waals surface area contributed by atoms with Gasteiger partial charge in [0.1, 0.15) is 6.10 Å². The van der Waals surface area contributed by atoms with Gasteiger partial charge < -0.3 is 9.47 Å². The molecule has 2 unspecified atom stereocenters. The van der Waals surface area contributed by atoms with Gasteiger partial charge in [0.05, 0.1) is 5.92 Å². The Bertz CT molecular complexity index is 223. The van der Waals surface area contributed by atoms with Gasteiger partial charge >= 0.3 is 12.1 Å². The minimum absolute atomic E-state index is 0.198. The van der Waals surface area contributed by atoms with Crippen molar-refractivity contribution in [2.75, 3.05) is 0 Å². The molecule has 0 N–H and O–H groups in total. The molecule has 0 aromatic rings. The molecule has 1 saturated heterocycles. The molecule has 66 valence electrons. The molecule has 0 aromatic heterocycles. The van der Waals surface area contributed by atoms with E-state index < -0.39 is 12.1 Å². The maximum Gasteiger partial charge on any atom is 0.516 e. The molecule has 4 heteroatoms. The Hall–Kier alpha value is -1.06. The number of hydrogen-bond donors (Lipinski definition) is 0. The van der Waals surface area contributed by atoms with Crippen LogP contribution in [0.4, 0.5) is 4.79 Å². The van der Waals surface area contributed by atoms with Gasteiger partial charge in [-0.05, 0) is 19.3 Å². The summed E-state index contributed by atoms with van der Waals surface area (Å²) in [6.07, 6.45) is 2.59. The molecular weight excluding hydrogens is 160 g/mol. The molecule has 0 spiro atoms. The quantitative estimate of drug-likeness (QED) is 0.405.